The highest BCUT2D eigenvalue weighted by Gasteiger charge is 2.41. The highest BCUT2D eigenvalue weighted by atomic mass is 35.5. The first-order valence-corrected chi connectivity index (χ1v) is 17.1. The van der Waals surface area contributed by atoms with Gasteiger partial charge in [0.25, 0.3) is 5.91 Å². The summed E-state index contributed by atoms with van der Waals surface area (Å²) in [6.07, 6.45) is 5.02. The maximum Gasteiger partial charge on any atom is 0.252 e. The van der Waals surface area contributed by atoms with E-state index in [9.17, 15) is 4.79 Å². The van der Waals surface area contributed by atoms with Gasteiger partial charge < -0.3 is 34.9 Å². The van der Waals surface area contributed by atoms with Crippen LogP contribution in [0.25, 0.3) is 5.57 Å². The van der Waals surface area contributed by atoms with Crippen LogP contribution >= 0.6 is 23.2 Å². The number of benzene rings is 2. The molecular weight excluding hydrogens is 639 g/mol. The molecule has 0 unspecified atom stereocenters. The molecule has 3 aliphatic rings. The first kappa shape index (κ1) is 33.6. The minimum Gasteiger partial charge on any atom is -0.490 e. The number of ether oxygens (including phenoxy) is 3. The second-order valence-corrected chi connectivity index (χ2v) is 13.3. The topological polar surface area (TPSA) is 105 Å². The number of carbonyl (C=O) groups excluding carboxylic acids is 1. The van der Waals surface area contributed by atoms with Gasteiger partial charge in [-0.1, -0.05) is 35.3 Å². The van der Waals surface area contributed by atoms with Crippen molar-refractivity contribution in [1.82, 2.24) is 20.5 Å². The number of hydrogen-bond acceptors (Lipinski definition) is 8. The zero-order valence-electron chi connectivity index (χ0n) is 26.9. The number of amides is 1. The van der Waals surface area contributed by atoms with Crippen LogP contribution in [0.2, 0.25) is 10.0 Å². The van der Waals surface area contributed by atoms with Gasteiger partial charge in [-0.2, -0.15) is 0 Å². The molecule has 0 radical (unpaired) electrons. The van der Waals surface area contributed by atoms with Crippen molar-refractivity contribution in [2.24, 2.45) is 0 Å². The van der Waals surface area contributed by atoms with Crippen LogP contribution in [-0.4, -0.2) is 78.5 Å². The second-order valence-electron chi connectivity index (χ2n) is 12.4. The number of piperazine rings is 1. The summed E-state index contributed by atoms with van der Waals surface area (Å²) >= 11 is 12.6. The predicted octanol–water partition coefficient (Wildman–Crippen LogP) is 5.50. The Morgan fingerprint density at radius 2 is 1.74 bits per heavy atom. The fourth-order valence-corrected chi connectivity index (χ4v) is 7.02. The highest BCUT2D eigenvalue weighted by Crippen LogP contribution is 2.38. The molecule has 2 atom stereocenters. The van der Waals surface area contributed by atoms with Crippen molar-refractivity contribution in [3.8, 4) is 17.4 Å². The molecule has 1 aliphatic carbocycles. The number of halogens is 2. The molecule has 6 rings (SSSR count). The van der Waals surface area contributed by atoms with Crippen LogP contribution in [0.3, 0.4) is 0 Å². The number of aliphatic hydroxyl groups is 1. The summed E-state index contributed by atoms with van der Waals surface area (Å²) in [5.74, 6) is 1.80. The number of nitrogens with zero attached hydrogens (tertiary/aromatic N) is 2. The third-order valence-electron chi connectivity index (χ3n) is 8.87. The van der Waals surface area contributed by atoms with E-state index in [0.717, 1.165) is 59.2 Å². The number of fused-ring (bicyclic) bond motifs is 2. The number of carbonyl (C=O) groups is 1. The Balaban J connectivity index is 1.19. The van der Waals surface area contributed by atoms with Crippen LogP contribution in [0.15, 0.2) is 54.2 Å². The summed E-state index contributed by atoms with van der Waals surface area (Å²) in [5.41, 5.74) is 5.86. The molecule has 2 fully saturated rings. The average Bonchev–Trinajstić information content (AvgIpc) is 3.90. The number of nitrogens with one attached hydrogen (secondary N) is 2. The Morgan fingerprint density at radius 3 is 2.47 bits per heavy atom. The maximum atomic E-state index is 14.6. The number of aromatic nitrogens is 1. The van der Waals surface area contributed by atoms with E-state index in [4.69, 9.17) is 42.5 Å². The van der Waals surface area contributed by atoms with Crippen molar-refractivity contribution < 1.29 is 24.1 Å². The average molecular weight is 682 g/mol. The van der Waals surface area contributed by atoms with Crippen molar-refractivity contribution in [3.05, 3.63) is 86.5 Å². The molecule has 9 nitrogen and oxygen atoms in total. The van der Waals surface area contributed by atoms with E-state index in [-0.39, 0.29) is 30.6 Å². The van der Waals surface area contributed by atoms with Crippen LogP contribution in [0.1, 0.15) is 47.9 Å². The van der Waals surface area contributed by atoms with Gasteiger partial charge in [0, 0.05) is 62.1 Å². The fraction of sp³-hybridized carbons (Fsp3) is 0.444. The monoisotopic (exact) mass is 680 g/mol. The third kappa shape index (κ3) is 8.04. The molecule has 1 aromatic heterocycles. The zero-order chi connectivity index (χ0) is 32.9. The molecule has 1 amide bonds. The molecule has 1 saturated carbocycles. The fourth-order valence-electron chi connectivity index (χ4n) is 6.31. The lowest BCUT2D eigenvalue weighted by Crippen LogP contribution is -2.60. The molecule has 3 N–H and O–H groups in total. The number of rotatable bonds is 14. The number of aryl methyl sites for hydroxylation is 1. The predicted molar refractivity (Wildman–Crippen MR) is 183 cm³/mol. The summed E-state index contributed by atoms with van der Waals surface area (Å²) < 4.78 is 17.6. The number of hydrogen-bond donors (Lipinski definition) is 3. The van der Waals surface area contributed by atoms with Gasteiger partial charge in [0.2, 0.25) is 5.88 Å². The molecule has 1 saturated heterocycles. The SMILES string of the molecule is Cc1cc(Cl)c(OCCOc2ccc(C3=C(C(=O)N(Cc4ccnc(OCCCO)c4C)C4CC4)[C@@H]4CNC[C@H](C3)N4)cc2)c(Cl)c1. The second kappa shape index (κ2) is 15.3. The minimum atomic E-state index is -0.0735. The van der Waals surface area contributed by atoms with Crippen molar-refractivity contribution >= 4 is 34.7 Å². The van der Waals surface area contributed by atoms with E-state index >= 15 is 0 Å². The number of pyridine rings is 1. The lowest BCUT2D eigenvalue weighted by molar-refractivity contribution is -0.128. The summed E-state index contributed by atoms with van der Waals surface area (Å²) in [6, 6.07) is 14.0. The van der Waals surface area contributed by atoms with Crippen molar-refractivity contribution in [2.45, 2.75) is 64.2 Å². The highest BCUT2D eigenvalue weighted by molar-refractivity contribution is 6.37. The van der Waals surface area contributed by atoms with Crippen LogP contribution < -0.4 is 24.8 Å². The summed E-state index contributed by atoms with van der Waals surface area (Å²) in [6.45, 7) is 7.04. The van der Waals surface area contributed by atoms with Gasteiger partial charge in [-0.25, -0.2) is 4.98 Å². The van der Waals surface area contributed by atoms with Gasteiger partial charge in [-0.15, -0.1) is 0 Å². The molecule has 2 aliphatic heterocycles. The van der Waals surface area contributed by atoms with E-state index in [0.29, 0.717) is 66.8 Å². The van der Waals surface area contributed by atoms with E-state index in [2.05, 4.69) is 15.6 Å². The van der Waals surface area contributed by atoms with E-state index in [1.165, 1.54) is 0 Å². The molecule has 11 heteroatoms. The molecule has 250 valence electrons. The Bertz CT molecular complexity index is 1590. The van der Waals surface area contributed by atoms with Gasteiger partial charge >= 0.3 is 0 Å². The van der Waals surface area contributed by atoms with Crippen LogP contribution in [0, 0.1) is 13.8 Å². The Labute approximate surface area is 286 Å². The zero-order valence-corrected chi connectivity index (χ0v) is 28.4. The molecule has 47 heavy (non-hydrogen) atoms. The first-order valence-electron chi connectivity index (χ1n) is 16.3. The summed E-state index contributed by atoms with van der Waals surface area (Å²) in [5, 5.41) is 17.3. The van der Waals surface area contributed by atoms with Crippen molar-refractivity contribution in [2.75, 3.05) is 39.5 Å². The van der Waals surface area contributed by atoms with Gasteiger partial charge in [-0.05, 0) is 85.7 Å². The molecule has 2 bridgehead atoms. The molecule has 2 aromatic carbocycles. The van der Waals surface area contributed by atoms with Crippen molar-refractivity contribution in [3.63, 3.8) is 0 Å². The number of aliphatic hydroxyl groups excluding tert-OH is 1. The smallest absolute Gasteiger partial charge is 0.252 e. The Hall–Kier alpha value is -3.34. The van der Waals surface area contributed by atoms with Gasteiger partial charge in [0.1, 0.15) is 19.0 Å². The molecular formula is C36H42Cl2N4O5. The molecule has 3 aromatic rings. The molecule has 3 heterocycles. The first-order chi connectivity index (χ1) is 22.8. The summed E-state index contributed by atoms with van der Waals surface area (Å²) in [7, 11) is 0. The Morgan fingerprint density at radius 1 is 1.00 bits per heavy atom. The van der Waals surface area contributed by atoms with Gasteiger partial charge in [0.05, 0.1) is 22.7 Å². The largest absolute Gasteiger partial charge is 0.490 e. The van der Waals surface area contributed by atoms with E-state index < -0.39 is 0 Å². The standard InChI is InChI=1S/C36H42Cl2N4O5/c1-22-16-30(37)34(31(38)17-22)46-15-14-45-28-8-4-24(5-9-28)29-18-26-19-39-20-32(41-26)33(29)36(44)42(27-6-7-27)21-25-10-11-40-35(23(25)2)47-13-3-12-43/h4-5,8-11,16-17,26-27,32,39,41,43H,3,6-7,12-15,18-21H2,1-2H3/t26-,32-/m0/s1. The van der Waals surface area contributed by atoms with Crippen LogP contribution in [0.5, 0.6) is 17.4 Å². The quantitative estimate of drug-likeness (QED) is 0.192. The lowest BCUT2D eigenvalue weighted by Gasteiger charge is -2.41. The van der Waals surface area contributed by atoms with Crippen LogP contribution in [-0.2, 0) is 11.3 Å². The van der Waals surface area contributed by atoms with E-state index in [1.54, 1.807) is 6.20 Å². The minimum absolute atomic E-state index is 0.0652. The van der Waals surface area contributed by atoms with Gasteiger partial charge in [0.15, 0.2) is 5.75 Å². The lowest BCUT2D eigenvalue weighted by atomic mass is 9.83. The van der Waals surface area contributed by atoms with E-state index in [1.807, 2.05) is 61.2 Å². The summed E-state index contributed by atoms with van der Waals surface area (Å²) in [4.78, 5) is 21.0. The normalized spacial score (nSPS) is 19.0. The maximum absolute atomic E-state index is 14.6. The third-order valence-corrected chi connectivity index (χ3v) is 9.44. The van der Waals surface area contributed by atoms with Crippen LogP contribution in [0.4, 0.5) is 0 Å². The van der Waals surface area contributed by atoms with Crippen molar-refractivity contribution in [1.29, 1.82) is 0 Å². The molecule has 0 spiro atoms. The van der Waals surface area contributed by atoms with Gasteiger partial charge in [-0.3, -0.25) is 4.79 Å². The Kier molecular flexibility index (Phi) is 10.9.